The van der Waals surface area contributed by atoms with Crippen molar-refractivity contribution < 1.29 is 9.90 Å². The van der Waals surface area contributed by atoms with Gasteiger partial charge in [0.15, 0.2) is 6.04 Å². The third-order valence-electron chi connectivity index (χ3n) is 1.85. The number of carboxylic acids is 1. The van der Waals surface area contributed by atoms with Gasteiger partial charge >= 0.3 is 5.97 Å². The summed E-state index contributed by atoms with van der Waals surface area (Å²) in [5.74, 6) is -1.10. The van der Waals surface area contributed by atoms with Gasteiger partial charge in [0.1, 0.15) is 0 Å². The number of nitrogens with zero attached hydrogens (tertiary/aromatic N) is 2. The predicted molar refractivity (Wildman–Crippen MR) is 50.4 cm³/mol. The van der Waals surface area contributed by atoms with Gasteiger partial charge in [0.05, 0.1) is 5.29 Å². The minimum atomic E-state index is -1.10. The number of nitroso groups, excluding NO2 is 1. The Bertz CT molecular complexity index is 326. The van der Waals surface area contributed by atoms with Crippen LogP contribution < -0.4 is 0 Å². The fourth-order valence-corrected chi connectivity index (χ4v) is 1.20. The molecule has 1 unspecified atom stereocenters. The molecule has 5 nitrogen and oxygen atoms in total. The molecule has 0 aliphatic heterocycles. The van der Waals surface area contributed by atoms with E-state index in [4.69, 9.17) is 5.11 Å². The highest BCUT2D eigenvalue weighted by atomic mass is 16.4. The summed E-state index contributed by atoms with van der Waals surface area (Å²) in [6.45, 7) is 0. The van der Waals surface area contributed by atoms with E-state index >= 15 is 0 Å². The first-order valence-corrected chi connectivity index (χ1v) is 4.00. The largest absolute Gasteiger partial charge is 0.479 e. The van der Waals surface area contributed by atoms with Gasteiger partial charge in [-0.2, -0.15) is 0 Å². The van der Waals surface area contributed by atoms with Crippen molar-refractivity contribution in [2.45, 2.75) is 6.04 Å². The molecule has 1 N–H and O–H groups in total. The van der Waals surface area contributed by atoms with Crippen LogP contribution in [-0.2, 0) is 4.79 Å². The molecule has 0 heterocycles. The van der Waals surface area contributed by atoms with Crippen molar-refractivity contribution >= 4 is 5.97 Å². The lowest BCUT2D eigenvalue weighted by Gasteiger charge is -2.18. The maximum atomic E-state index is 10.9. The maximum absolute atomic E-state index is 10.9. The molecule has 1 aromatic carbocycles. The standard InChI is InChI=1S/C9H10N2O3/c1-11(10-14)8(9(12)13)7-5-3-2-4-6-7/h2-6,8H,1H3,(H,12,13). The molecule has 0 saturated heterocycles. The molecule has 0 spiro atoms. The first-order chi connectivity index (χ1) is 6.66. The molecular formula is C9H10N2O3. The topological polar surface area (TPSA) is 70.0 Å². The predicted octanol–water partition coefficient (Wildman–Crippen LogP) is 1.43. The Labute approximate surface area is 80.9 Å². The summed E-state index contributed by atoms with van der Waals surface area (Å²) >= 11 is 0. The molecule has 1 rings (SSSR count). The number of rotatable bonds is 4. The Hall–Kier alpha value is -1.91. The zero-order chi connectivity index (χ0) is 10.6. The molecule has 0 amide bonds. The number of benzene rings is 1. The van der Waals surface area contributed by atoms with Crippen molar-refractivity contribution in [1.82, 2.24) is 5.01 Å². The monoisotopic (exact) mass is 194 g/mol. The molecule has 1 aromatic rings. The number of carboxylic acid groups (broad SMARTS) is 1. The smallest absolute Gasteiger partial charge is 0.332 e. The van der Waals surface area contributed by atoms with E-state index in [1.807, 2.05) is 0 Å². The normalized spacial score (nSPS) is 11.8. The van der Waals surface area contributed by atoms with E-state index in [0.29, 0.717) is 5.56 Å². The summed E-state index contributed by atoms with van der Waals surface area (Å²) in [4.78, 5) is 21.1. The molecule has 0 radical (unpaired) electrons. The van der Waals surface area contributed by atoms with Crippen LogP contribution in [-0.4, -0.2) is 23.1 Å². The van der Waals surface area contributed by atoms with E-state index < -0.39 is 12.0 Å². The van der Waals surface area contributed by atoms with Gasteiger partial charge in [-0.1, -0.05) is 30.3 Å². The van der Waals surface area contributed by atoms with Crippen LogP contribution in [0.15, 0.2) is 35.6 Å². The Morgan fingerprint density at radius 1 is 1.43 bits per heavy atom. The van der Waals surface area contributed by atoms with E-state index in [9.17, 15) is 9.70 Å². The average molecular weight is 194 g/mol. The van der Waals surface area contributed by atoms with Crippen LogP contribution in [0.3, 0.4) is 0 Å². The SMILES string of the molecule is CN(N=O)C(C(=O)O)c1ccccc1. The molecule has 1 atom stereocenters. The highest BCUT2D eigenvalue weighted by Crippen LogP contribution is 2.19. The lowest BCUT2D eigenvalue weighted by atomic mass is 10.1. The van der Waals surface area contributed by atoms with Gasteiger partial charge in [0.25, 0.3) is 0 Å². The van der Waals surface area contributed by atoms with E-state index in [1.165, 1.54) is 7.05 Å². The highest BCUT2D eigenvalue weighted by Gasteiger charge is 2.24. The lowest BCUT2D eigenvalue weighted by Crippen LogP contribution is -2.26. The highest BCUT2D eigenvalue weighted by molar-refractivity contribution is 5.75. The molecule has 0 saturated carbocycles. The summed E-state index contributed by atoms with van der Waals surface area (Å²) < 4.78 is 0. The number of hydrogen-bond donors (Lipinski definition) is 1. The van der Waals surface area contributed by atoms with E-state index in [0.717, 1.165) is 5.01 Å². The lowest BCUT2D eigenvalue weighted by molar-refractivity contribution is -0.143. The third kappa shape index (κ3) is 2.07. The Morgan fingerprint density at radius 2 is 2.00 bits per heavy atom. The first kappa shape index (κ1) is 10.2. The van der Waals surface area contributed by atoms with Crippen LogP contribution >= 0.6 is 0 Å². The Balaban J connectivity index is 3.00. The van der Waals surface area contributed by atoms with Crippen LogP contribution in [0.2, 0.25) is 0 Å². The van der Waals surface area contributed by atoms with Gasteiger partial charge in [-0.3, -0.25) is 0 Å². The molecular weight excluding hydrogens is 184 g/mol. The fraction of sp³-hybridized carbons (Fsp3) is 0.222. The third-order valence-corrected chi connectivity index (χ3v) is 1.85. The van der Waals surface area contributed by atoms with Gasteiger partial charge in [-0.05, 0) is 5.56 Å². The maximum Gasteiger partial charge on any atom is 0.332 e. The zero-order valence-electron chi connectivity index (χ0n) is 7.62. The second kappa shape index (κ2) is 4.36. The summed E-state index contributed by atoms with van der Waals surface area (Å²) in [5.41, 5.74) is 0.530. The molecule has 0 aliphatic rings. The van der Waals surface area contributed by atoms with Crippen LogP contribution in [0.1, 0.15) is 11.6 Å². The van der Waals surface area contributed by atoms with Crippen molar-refractivity contribution in [3.63, 3.8) is 0 Å². The molecule has 74 valence electrons. The molecule has 14 heavy (non-hydrogen) atoms. The van der Waals surface area contributed by atoms with Crippen molar-refractivity contribution in [2.75, 3.05) is 7.05 Å². The van der Waals surface area contributed by atoms with Crippen molar-refractivity contribution in [2.24, 2.45) is 5.29 Å². The first-order valence-electron chi connectivity index (χ1n) is 4.00. The van der Waals surface area contributed by atoms with E-state index in [1.54, 1.807) is 30.3 Å². The summed E-state index contributed by atoms with van der Waals surface area (Å²) in [6.07, 6.45) is 0. The number of hydrogen-bond acceptors (Lipinski definition) is 3. The van der Waals surface area contributed by atoms with Crippen LogP contribution in [0.5, 0.6) is 0 Å². The van der Waals surface area contributed by atoms with Crippen LogP contribution in [0, 0.1) is 4.91 Å². The van der Waals surface area contributed by atoms with E-state index in [2.05, 4.69) is 5.29 Å². The number of carbonyl (C=O) groups is 1. The van der Waals surface area contributed by atoms with Gasteiger partial charge in [0.2, 0.25) is 0 Å². The average Bonchev–Trinajstić information content (AvgIpc) is 2.19. The zero-order valence-corrected chi connectivity index (χ0v) is 7.62. The van der Waals surface area contributed by atoms with Crippen LogP contribution in [0.25, 0.3) is 0 Å². The minimum Gasteiger partial charge on any atom is -0.479 e. The van der Waals surface area contributed by atoms with Gasteiger partial charge < -0.3 is 5.11 Å². The Kier molecular flexibility index (Phi) is 3.17. The van der Waals surface area contributed by atoms with Crippen molar-refractivity contribution in [1.29, 1.82) is 0 Å². The molecule has 0 aliphatic carbocycles. The Morgan fingerprint density at radius 3 is 2.43 bits per heavy atom. The van der Waals surface area contributed by atoms with Gasteiger partial charge in [0, 0.05) is 7.05 Å². The minimum absolute atomic E-state index is 0.530. The molecule has 0 fully saturated rings. The van der Waals surface area contributed by atoms with Gasteiger partial charge in [-0.25, -0.2) is 9.80 Å². The summed E-state index contributed by atoms with van der Waals surface area (Å²) in [5, 5.41) is 12.3. The van der Waals surface area contributed by atoms with Gasteiger partial charge in [-0.15, -0.1) is 4.91 Å². The second-order valence-corrected chi connectivity index (χ2v) is 2.81. The summed E-state index contributed by atoms with van der Waals surface area (Å²) in [7, 11) is 1.33. The summed E-state index contributed by atoms with van der Waals surface area (Å²) in [6, 6.07) is 7.46. The molecule has 5 heteroatoms. The molecule has 0 aromatic heterocycles. The van der Waals surface area contributed by atoms with E-state index in [-0.39, 0.29) is 0 Å². The molecule has 0 bridgehead atoms. The fourth-order valence-electron chi connectivity index (χ4n) is 1.20. The second-order valence-electron chi connectivity index (χ2n) is 2.81. The van der Waals surface area contributed by atoms with Crippen molar-refractivity contribution in [3.8, 4) is 0 Å². The van der Waals surface area contributed by atoms with Crippen LogP contribution in [0.4, 0.5) is 0 Å². The number of aliphatic carboxylic acids is 1. The quantitative estimate of drug-likeness (QED) is 0.581. The number of likely N-dealkylation sites (N-methyl/N-ethyl adjacent to an activating group) is 1. The van der Waals surface area contributed by atoms with Crippen molar-refractivity contribution in [3.05, 3.63) is 40.8 Å².